The van der Waals surface area contributed by atoms with Crippen molar-refractivity contribution in [3.05, 3.63) is 83.4 Å². The van der Waals surface area contributed by atoms with Crippen molar-refractivity contribution in [3.63, 3.8) is 0 Å². The molecule has 3 aromatic carbocycles. The van der Waals surface area contributed by atoms with Gasteiger partial charge in [0.05, 0.1) is 12.3 Å². The molecule has 3 aromatic rings. The van der Waals surface area contributed by atoms with Crippen molar-refractivity contribution in [1.82, 2.24) is 0 Å². The smallest absolute Gasteiger partial charge is 0.255 e. The average Bonchev–Trinajstić information content (AvgIpc) is 2.73. The molecule has 1 N–H and O–H groups in total. The lowest BCUT2D eigenvalue weighted by Gasteiger charge is -2.14. The highest BCUT2D eigenvalue weighted by atomic mass is 32.2. The summed E-state index contributed by atoms with van der Waals surface area (Å²) >= 11 is 1.60. The van der Waals surface area contributed by atoms with E-state index in [1.807, 2.05) is 80.8 Å². The van der Waals surface area contributed by atoms with Gasteiger partial charge >= 0.3 is 0 Å². The Morgan fingerprint density at radius 1 is 1.00 bits per heavy atom. The van der Waals surface area contributed by atoms with Gasteiger partial charge in [-0.25, -0.2) is 0 Å². The Morgan fingerprint density at radius 2 is 1.83 bits per heavy atom. The van der Waals surface area contributed by atoms with E-state index in [4.69, 9.17) is 9.47 Å². The Morgan fingerprint density at radius 3 is 2.59 bits per heavy atom. The van der Waals surface area contributed by atoms with Crippen LogP contribution in [-0.2, 0) is 6.61 Å². The quantitative estimate of drug-likeness (QED) is 0.469. The maximum Gasteiger partial charge on any atom is 0.255 e. The van der Waals surface area contributed by atoms with Crippen LogP contribution in [-0.4, -0.2) is 18.8 Å². The van der Waals surface area contributed by atoms with E-state index in [2.05, 4.69) is 5.32 Å². The molecule has 0 saturated heterocycles. The van der Waals surface area contributed by atoms with Gasteiger partial charge in [0.1, 0.15) is 18.1 Å². The molecule has 1 amide bonds. The van der Waals surface area contributed by atoms with Crippen LogP contribution in [0.4, 0.5) is 5.69 Å². The monoisotopic (exact) mass is 407 g/mol. The van der Waals surface area contributed by atoms with Crippen molar-refractivity contribution in [3.8, 4) is 11.5 Å². The minimum atomic E-state index is -0.161. The normalized spacial score (nSPS) is 10.4. The number of para-hydroxylation sites is 1. The summed E-state index contributed by atoms with van der Waals surface area (Å²) in [6.07, 6.45) is 1.99. The molecule has 0 saturated carbocycles. The van der Waals surface area contributed by atoms with E-state index in [1.54, 1.807) is 17.8 Å². The molecule has 0 aliphatic heterocycles. The second kappa shape index (κ2) is 10.0. The molecular formula is C24H25NO3S. The molecule has 0 aliphatic rings. The lowest BCUT2D eigenvalue weighted by Crippen LogP contribution is -2.13. The minimum absolute atomic E-state index is 0.161. The fourth-order valence-electron chi connectivity index (χ4n) is 2.94. The number of amides is 1. The number of hydrogen-bond acceptors (Lipinski definition) is 4. The topological polar surface area (TPSA) is 47.6 Å². The molecule has 0 heterocycles. The van der Waals surface area contributed by atoms with Crippen molar-refractivity contribution in [2.75, 3.05) is 18.2 Å². The average molecular weight is 408 g/mol. The van der Waals surface area contributed by atoms with Crippen LogP contribution in [0.3, 0.4) is 0 Å². The van der Waals surface area contributed by atoms with E-state index >= 15 is 0 Å². The second-order valence-corrected chi connectivity index (χ2v) is 7.36. The second-order valence-electron chi connectivity index (χ2n) is 6.52. The highest BCUT2D eigenvalue weighted by Gasteiger charge is 2.13. The van der Waals surface area contributed by atoms with Gasteiger partial charge < -0.3 is 14.8 Å². The zero-order valence-electron chi connectivity index (χ0n) is 16.9. The molecule has 0 fully saturated rings. The Balaban J connectivity index is 1.80. The predicted octanol–water partition coefficient (Wildman–Crippen LogP) is 5.95. The van der Waals surface area contributed by atoms with E-state index in [9.17, 15) is 4.79 Å². The third-order valence-electron chi connectivity index (χ3n) is 4.36. The van der Waals surface area contributed by atoms with Crippen LogP contribution in [0.15, 0.2) is 71.6 Å². The number of aryl methyl sites for hydroxylation is 1. The number of rotatable bonds is 8. The third-order valence-corrected chi connectivity index (χ3v) is 5.16. The first-order chi connectivity index (χ1) is 14.1. The minimum Gasteiger partial charge on any atom is -0.493 e. The lowest BCUT2D eigenvalue weighted by molar-refractivity contribution is 0.102. The van der Waals surface area contributed by atoms with Crippen LogP contribution in [0.25, 0.3) is 0 Å². The first-order valence-electron chi connectivity index (χ1n) is 9.50. The summed E-state index contributed by atoms with van der Waals surface area (Å²) < 4.78 is 11.7. The van der Waals surface area contributed by atoms with Crippen LogP contribution in [0.2, 0.25) is 0 Å². The summed E-state index contributed by atoms with van der Waals surface area (Å²) in [6.45, 7) is 4.83. The highest BCUT2D eigenvalue weighted by Crippen LogP contribution is 2.27. The molecule has 0 unspecified atom stereocenters. The molecule has 5 heteroatoms. The number of benzene rings is 3. The molecule has 29 heavy (non-hydrogen) atoms. The van der Waals surface area contributed by atoms with Gasteiger partial charge in [-0.3, -0.25) is 4.79 Å². The van der Waals surface area contributed by atoms with Gasteiger partial charge in [0.2, 0.25) is 0 Å². The van der Waals surface area contributed by atoms with Gasteiger partial charge in [-0.1, -0.05) is 24.3 Å². The standard InChI is InChI=1S/C24H25NO3S/c1-4-27-22-13-12-18(24(26)25-21-10-5-6-11-23(21)29-3)15-19(22)16-28-20-9-7-8-17(2)14-20/h5-15H,4,16H2,1-3H3,(H,25,26). The number of anilines is 1. The number of hydrogen-bond donors (Lipinski definition) is 1. The van der Waals surface area contributed by atoms with Crippen molar-refractivity contribution >= 4 is 23.4 Å². The lowest BCUT2D eigenvalue weighted by atomic mass is 10.1. The number of ether oxygens (including phenoxy) is 2. The number of carbonyl (C=O) groups is 1. The highest BCUT2D eigenvalue weighted by molar-refractivity contribution is 7.98. The van der Waals surface area contributed by atoms with E-state index in [0.717, 1.165) is 33.2 Å². The van der Waals surface area contributed by atoms with Gasteiger partial charge in [-0.15, -0.1) is 11.8 Å². The Labute approximate surface area is 176 Å². The first kappa shape index (κ1) is 20.8. The Kier molecular flexibility index (Phi) is 7.19. The fraction of sp³-hybridized carbons (Fsp3) is 0.208. The van der Waals surface area contributed by atoms with Gasteiger partial charge in [0, 0.05) is 16.0 Å². The van der Waals surface area contributed by atoms with Crippen LogP contribution in [0.1, 0.15) is 28.4 Å². The molecule has 3 rings (SSSR count). The van der Waals surface area contributed by atoms with E-state index < -0.39 is 0 Å². The summed E-state index contributed by atoms with van der Waals surface area (Å²) in [4.78, 5) is 13.8. The van der Waals surface area contributed by atoms with Crippen LogP contribution in [0, 0.1) is 6.92 Å². The van der Waals surface area contributed by atoms with Crippen molar-refractivity contribution < 1.29 is 14.3 Å². The fourth-order valence-corrected chi connectivity index (χ4v) is 3.49. The van der Waals surface area contributed by atoms with Crippen molar-refractivity contribution in [2.45, 2.75) is 25.3 Å². The third kappa shape index (κ3) is 5.55. The maximum absolute atomic E-state index is 12.8. The van der Waals surface area contributed by atoms with Gasteiger partial charge in [-0.2, -0.15) is 0 Å². The molecule has 0 aliphatic carbocycles. The molecular weight excluding hydrogens is 382 g/mol. The summed E-state index contributed by atoms with van der Waals surface area (Å²) in [5.74, 6) is 1.35. The number of carbonyl (C=O) groups excluding carboxylic acids is 1. The zero-order valence-corrected chi connectivity index (χ0v) is 17.7. The van der Waals surface area contributed by atoms with E-state index in [1.165, 1.54) is 0 Å². The van der Waals surface area contributed by atoms with Crippen molar-refractivity contribution in [1.29, 1.82) is 0 Å². The molecule has 0 bridgehead atoms. The van der Waals surface area contributed by atoms with E-state index in [0.29, 0.717) is 18.8 Å². The largest absolute Gasteiger partial charge is 0.493 e. The zero-order chi connectivity index (χ0) is 20.6. The number of nitrogens with one attached hydrogen (secondary N) is 1. The Bertz CT molecular complexity index is 987. The van der Waals surface area contributed by atoms with E-state index in [-0.39, 0.29) is 5.91 Å². The van der Waals surface area contributed by atoms with Crippen LogP contribution in [0.5, 0.6) is 11.5 Å². The molecule has 0 radical (unpaired) electrons. The molecule has 150 valence electrons. The summed E-state index contributed by atoms with van der Waals surface area (Å²) in [6, 6.07) is 21.1. The van der Waals surface area contributed by atoms with Gasteiger partial charge in [0.15, 0.2) is 0 Å². The first-order valence-corrected chi connectivity index (χ1v) is 10.7. The van der Waals surface area contributed by atoms with Crippen LogP contribution >= 0.6 is 11.8 Å². The maximum atomic E-state index is 12.8. The van der Waals surface area contributed by atoms with Crippen LogP contribution < -0.4 is 14.8 Å². The molecule has 0 aromatic heterocycles. The molecule has 4 nitrogen and oxygen atoms in total. The summed E-state index contributed by atoms with van der Waals surface area (Å²) in [5, 5.41) is 3.00. The van der Waals surface area contributed by atoms with Crippen molar-refractivity contribution in [2.24, 2.45) is 0 Å². The molecule has 0 atom stereocenters. The Hall–Kier alpha value is -2.92. The SMILES string of the molecule is CCOc1ccc(C(=O)Nc2ccccc2SC)cc1COc1cccc(C)c1. The van der Waals surface area contributed by atoms with Gasteiger partial charge in [-0.05, 0) is 68.1 Å². The predicted molar refractivity (Wildman–Crippen MR) is 119 cm³/mol. The van der Waals surface area contributed by atoms with Gasteiger partial charge in [0.25, 0.3) is 5.91 Å². The molecule has 0 spiro atoms. The summed E-state index contributed by atoms with van der Waals surface area (Å²) in [5.41, 5.74) is 3.33. The number of thioether (sulfide) groups is 1. The summed E-state index contributed by atoms with van der Waals surface area (Å²) in [7, 11) is 0.